The van der Waals surface area contributed by atoms with E-state index in [1.165, 1.54) is 64.2 Å². The Hall–Kier alpha value is -1.12. The van der Waals surface area contributed by atoms with E-state index in [1.807, 2.05) is 6.07 Å². The van der Waals surface area contributed by atoms with E-state index in [0.717, 1.165) is 11.6 Å². The van der Waals surface area contributed by atoms with Crippen LogP contribution in [-0.2, 0) is 0 Å². The van der Waals surface area contributed by atoms with E-state index in [4.69, 9.17) is 4.74 Å². The summed E-state index contributed by atoms with van der Waals surface area (Å²) >= 11 is 0. The van der Waals surface area contributed by atoms with Gasteiger partial charge in [0.25, 0.3) is 0 Å². The fourth-order valence-electron chi connectivity index (χ4n) is 3.44. The molecule has 1 saturated carbocycles. The van der Waals surface area contributed by atoms with Gasteiger partial charge in [-0.15, -0.1) is 5.10 Å². The Morgan fingerprint density at radius 3 is 2.38 bits per heavy atom. The summed E-state index contributed by atoms with van der Waals surface area (Å²) in [5, 5.41) is 8.42. The third-order valence-electron chi connectivity index (χ3n) is 4.85. The third kappa shape index (κ3) is 5.29. The van der Waals surface area contributed by atoms with Gasteiger partial charge in [0.05, 0.1) is 12.8 Å². The molecule has 0 aromatic carbocycles. The Bertz CT molecular complexity index is 383. The van der Waals surface area contributed by atoms with E-state index >= 15 is 0 Å². The molecule has 0 unspecified atom stereocenters. The minimum atomic E-state index is 0.611. The highest BCUT2D eigenvalue weighted by Crippen LogP contribution is 2.37. The van der Waals surface area contributed by atoms with Crippen LogP contribution < -0.4 is 4.74 Å². The van der Waals surface area contributed by atoms with Gasteiger partial charge in [-0.05, 0) is 37.7 Å². The van der Waals surface area contributed by atoms with Crippen molar-refractivity contribution >= 4 is 0 Å². The lowest BCUT2D eigenvalue weighted by Crippen LogP contribution is -2.14. The largest absolute Gasteiger partial charge is 0.480 e. The average Bonchev–Trinajstić information content (AvgIpc) is 2.55. The van der Waals surface area contributed by atoms with E-state index in [-0.39, 0.29) is 0 Å². The SMILES string of the molecule is CCCCCCC[C@H]1CC[C@H](c2ccc(OC)nn2)CC1. The fraction of sp³-hybridized carbons (Fsp3) is 0.778. The molecule has 0 spiro atoms. The van der Waals surface area contributed by atoms with Crippen LogP contribution in [0.2, 0.25) is 0 Å². The molecule has 0 N–H and O–H groups in total. The summed E-state index contributed by atoms with van der Waals surface area (Å²) in [4.78, 5) is 0. The van der Waals surface area contributed by atoms with Crippen LogP contribution in [0.1, 0.15) is 82.7 Å². The summed E-state index contributed by atoms with van der Waals surface area (Å²) in [6.07, 6.45) is 13.8. The zero-order valence-corrected chi connectivity index (χ0v) is 13.7. The standard InChI is InChI=1S/C18H30N2O/c1-3-4-5-6-7-8-15-9-11-16(12-10-15)17-13-14-18(21-2)20-19-17/h13-16H,3-12H2,1-2H3/t15-,16-. The van der Waals surface area contributed by atoms with Crippen molar-refractivity contribution in [3.63, 3.8) is 0 Å². The Kier molecular flexibility index (Phi) is 6.98. The second-order valence-corrected chi connectivity index (χ2v) is 6.42. The first kappa shape index (κ1) is 16.3. The molecule has 1 heterocycles. The van der Waals surface area contributed by atoms with Gasteiger partial charge in [0.15, 0.2) is 0 Å². The van der Waals surface area contributed by atoms with Crippen LogP contribution in [0, 0.1) is 5.92 Å². The zero-order chi connectivity index (χ0) is 14.9. The van der Waals surface area contributed by atoms with Crippen LogP contribution in [0.15, 0.2) is 12.1 Å². The van der Waals surface area contributed by atoms with E-state index < -0.39 is 0 Å². The van der Waals surface area contributed by atoms with E-state index in [9.17, 15) is 0 Å². The zero-order valence-electron chi connectivity index (χ0n) is 13.7. The number of unbranched alkanes of at least 4 members (excludes halogenated alkanes) is 4. The predicted molar refractivity (Wildman–Crippen MR) is 86.7 cm³/mol. The highest BCUT2D eigenvalue weighted by atomic mass is 16.5. The number of hydrogen-bond donors (Lipinski definition) is 0. The fourth-order valence-corrected chi connectivity index (χ4v) is 3.44. The van der Waals surface area contributed by atoms with Gasteiger partial charge in [-0.1, -0.05) is 45.4 Å². The van der Waals surface area contributed by atoms with Crippen molar-refractivity contribution in [3.8, 4) is 5.88 Å². The highest BCUT2D eigenvalue weighted by Gasteiger charge is 2.23. The molecule has 21 heavy (non-hydrogen) atoms. The lowest BCUT2D eigenvalue weighted by molar-refractivity contribution is 0.297. The molecule has 0 amide bonds. The van der Waals surface area contributed by atoms with Crippen molar-refractivity contribution in [2.24, 2.45) is 5.92 Å². The third-order valence-corrected chi connectivity index (χ3v) is 4.85. The number of aromatic nitrogens is 2. The van der Waals surface area contributed by atoms with Crippen molar-refractivity contribution in [3.05, 3.63) is 17.8 Å². The summed E-state index contributed by atoms with van der Waals surface area (Å²) in [7, 11) is 1.63. The lowest BCUT2D eigenvalue weighted by atomic mass is 9.78. The molecule has 0 aliphatic heterocycles. The smallest absolute Gasteiger partial charge is 0.233 e. The molecule has 0 saturated heterocycles. The molecule has 1 aliphatic carbocycles. The van der Waals surface area contributed by atoms with Gasteiger partial charge in [0.1, 0.15) is 0 Å². The van der Waals surface area contributed by atoms with Crippen molar-refractivity contribution in [2.75, 3.05) is 7.11 Å². The second kappa shape index (κ2) is 9.01. The van der Waals surface area contributed by atoms with Crippen molar-refractivity contribution in [1.82, 2.24) is 10.2 Å². The molecule has 3 nitrogen and oxygen atoms in total. The molecule has 1 aromatic heterocycles. The molecule has 1 aliphatic rings. The molecule has 1 fully saturated rings. The summed E-state index contributed by atoms with van der Waals surface area (Å²) in [5.41, 5.74) is 1.15. The van der Waals surface area contributed by atoms with Gasteiger partial charge in [-0.3, -0.25) is 0 Å². The minimum Gasteiger partial charge on any atom is -0.480 e. The highest BCUT2D eigenvalue weighted by molar-refractivity contribution is 5.15. The molecule has 3 heteroatoms. The predicted octanol–water partition coefficient (Wildman–Crippen LogP) is 5.12. The summed E-state index contributed by atoms with van der Waals surface area (Å²) in [6.45, 7) is 2.28. The van der Waals surface area contributed by atoms with Crippen LogP contribution in [0.3, 0.4) is 0 Å². The van der Waals surface area contributed by atoms with Crippen LogP contribution in [0.5, 0.6) is 5.88 Å². The van der Waals surface area contributed by atoms with Gasteiger partial charge in [-0.2, -0.15) is 5.10 Å². The first-order valence-corrected chi connectivity index (χ1v) is 8.71. The van der Waals surface area contributed by atoms with Gasteiger partial charge in [-0.25, -0.2) is 0 Å². The van der Waals surface area contributed by atoms with E-state index in [2.05, 4.69) is 23.2 Å². The second-order valence-electron chi connectivity index (χ2n) is 6.42. The number of ether oxygens (including phenoxy) is 1. The van der Waals surface area contributed by atoms with Gasteiger partial charge in [0, 0.05) is 12.0 Å². The maximum absolute atomic E-state index is 5.07. The number of nitrogens with zero attached hydrogens (tertiary/aromatic N) is 2. The molecule has 0 bridgehead atoms. The Balaban J connectivity index is 1.67. The molecular formula is C18H30N2O. The Morgan fingerprint density at radius 1 is 1.00 bits per heavy atom. The van der Waals surface area contributed by atoms with Crippen molar-refractivity contribution in [1.29, 1.82) is 0 Å². The van der Waals surface area contributed by atoms with E-state index in [0.29, 0.717) is 11.8 Å². The minimum absolute atomic E-state index is 0.611. The topological polar surface area (TPSA) is 35.0 Å². The average molecular weight is 290 g/mol. The Labute approximate surface area is 129 Å². The summed E-state index contributed by atoms with van der Waals surface area (Å²) in [5.74, 6) is 2.17. The van der Waals surface area contributed by atoms with E-state index in [1.54, 1.807) is 7.11 Å². The van der Waals surface area contributed by atoms with Crippen LogP contribution in [-0.4, -0.2) is 17.3 Å². The summed E-state index contributed by atoms with van der Waals surface area (Å²) < 4.78 is 5.07. The molecule has 1 aromatic rings. The number of hydrogen-bond acceptors (Lipinski definition) is 3. The van der Waals surface area contributed by atoms with Crippen molar-refractivity contribution in [2.45, 2.75) is 77.0 Å². The van der Waals surface area contributed by atoms with Crippen LogP contribution in [0.4, 0.5) is 0 Å². The number of methoxy groups -OCH3 is 1. The Morgan fingerprint density at radius 2 is 1.76 bits per heavy atom. The van der Waals surface area contributed by atoms with Crippen molar-refractivity contribution < 1.29 is 4.74 Å². The summed E-state index contributed by atoms with van der Waals surface area (Å²) in [6, 6.07) is 4.02. The lowest BCUT2D eigenvalue weighted by Gasteiger charge is -2.28. The molecular weight excluding hydrogens is 260 g/mol. The van der Waals surface area contributed by atoms with Crippen LogP contribution >= 0.6 is 0 Å². The maximum Gasteiger partial charge on any atom is 0.233 e. The van der Waals surface area contributed by atoms with Gasteiger partial charge < -0.3 is 4.74 Å². The molecule has 0 atom stereocenters. The quantitative estimate of drug-likeness (QED) is 0.623. The first-order valence-electron chi connectivity index (χ1n) is 8.71. The number of rotatable bonds is 8. The maximum atomic E-state index is 5.07. The molecule has 2 rings (SSSR count). The normalized spacial score (nSPS) is 22.2. The van der Waals surface area contributed by atoms with Gasteiger partial charge >= 0.3 is 0 Å². The molecule has 0 radical (unpaired) electrons. The van der Waals surface area contributed by atoms with Crippen LogP contribution in [0.25, 0.3) is 0 Å². The molecule has 118 valence electrons. The monoisotopic (exact) mass is 290 g/mol. The first-order chi connectivity index (χ1) is 10.3. The van der Waals surface area contributed by atoms with Gasteiger partial charge in [0.2, 0.25) is 5.88 Å².